The van der Waals surface area contributed by atoms with Gasteiger partial charge < -0.3 is 14.3 Å². The third-order valence-electron chi connectivity index (χ3n) is 3.09. The predicted molar refractivity (Wildman–Crippen MR) is 83.5 cm³/mol. The minimum Gasteiger partial charge on any atom is -0.464 e. The number of alkyl halides is 3. The van der Waals surface area contributed by atoms with E-state index in [2.05, 4.69) is 14.7 Å². The lowest BCUT2D eigenvalue weighted by Crippen LogP contribution is -2.18. The molecule has 0 aliphatic heterocycles. The molecule has 0 atom stereocenters. The highest BCUT2D eigenvalue weighted by Crippen LogP contribution is 2.33. The summed E-state index contributed by atoms with van der Waals surface area (Å²) in [5, 5.41) is 3.61. The summed E-state index contributed by atoms with van der Waals surface area (Å²) < 4.78 is 48.6. The van der Waals surface area contributed by atoms with E-state index in [1.165, 1.54) is 38.5 Å². The zero-order chi connectivity index (χ0) is 18.4. The maximum Gasteiger partial charge on any atom is 0.416 e. The minimum atomic E-state index is -4.49. The number of oxime groups is 1. The molecule has 0 aliphatic rings. The first-order chi connectivity index (χ1) is 11.9. The van der Waals surface area contributed by atoms with E-state index in [9.17, 15) is 18.0 Å². The summed E-state index contributed by atoms with van der Waals surface area (Å²) in [5.41, 5.74) is -0.803. The molecule has 5 nitrogen and oxygen atoms in total. The van der Waals surface area contributed by atoms with Crippen LogP contribution in [-0.4, -0.2) is 25.9 Å². The molecule has 0 aromatic heterocycles. The van der Waals surface area contributed by atoms with Crippen LogP contribution in [0.3, 0.4) is 0 Å². The van der Waals surface area contributed by atoms with Gasteiger partial charge in [-0.3, -0.25) is 0 Å². The molecule has 0 amide bonds. The van der Waals surface area contributed by atoms with Crippen molar-refractivity contribution in [2.45, 2.75) is 6.18 Å². The molecule has 0 bridgehead atoms. The summed E-state index contributed by atoms with van der Waals surface area (Å²) in [7, 11) is 2.42. The van der Waals surface area contributed by atoms with Gasteiger partial charge in [-0.2, -0.15) is 13.2 Å². The number of nitrogens with zero attached hydrogens (tertiary/aromatic N) is 1. The Bertz CT molecular complexity index is 787. The van der Waals surface area contributed by atoms with Gasteiger partial charge in [-0.05, 0) is 30.3 Å². The second-order valence-corrected chi connectivity index (χ2v) is 4.74. The number of para-hydroxylation sites is 1. The van der Waals surface area contributed by atoms with Crippen molar-refractivity contribution in [3.63, 3.8) is 0 Å². The Balaban J connectivity index is 2.42. The van der Waals surface area contributed by atoms with Crippen LogP contribution in [-0.2, 0) is 20.5 Å². The Morgan fingerprint density at radius 3 is 2.40 bits per heavy atom. The maximum atomic E-state index is 12.8. The molecule has 0 saturated carbocycles. The number of carbonyl (C=O) groups is 1. The monoisotopic (exact) mass is 353 g/mol. The average molecular weight is 353 g/mol. The quantitative estimate of drug-likeness (QED) is 0.463. The second-order valence-electron chi connectivity index (χ2n) is 4.74. The summed E-state index contributed by atoms with van der Waals surface area (Å²) in [6.07, 6.45) is -4.49. The van der Waals surface area contributed by atoms with Crippen LogP contribution in [0.4, 0.5) is 13.2 Å². The van der Waals surface area contributed by atoms with Crippen molar-refractivity contribution in [3.05, 3.63) is 59.7 Å². The van der Waals surface area contributed by atoms with Crippen LogP contribution in [0.2, 0.25) is 0 Å². The van der Waals surface area contributed by atoms with Crippen LogP contribution < -0.4 is 4.74 Å². The zero-order valence-electron chi connectivity index (χ0n) is 13.3. The van der Waals surface area contributed by atoms with Gasteiger partial charge in [0.1, 0.15) is 18.6 Å². The van der Waals surface area contributed by atoms with E-state index in [-0.39, 0.29) is 22.8 Å². The lowest BCUT2D eigenvalue weighted by molar-refractivity contribution is -0.137. The van der Waals surface area contributed by atoms with Gasteiger partial charge in [-0.25, -0.2) is 4.79 Å². The van der Waals surface area contributed by atoms with Crippen LogP contribution in [0, 0.1) is 0 Å². The number of carbonyl (C=O) groups excluding carboxylic acids is 1. The Kier molecular flexibility index (Phi) is 5.63. The standard InChI is InChI=1S/C17H14F3NO4/c1-23-16(22)15(21-24-2)13-8-3-4-9-14(13)25-12-7-5-6-11(10-12)17(18,19)20/h3-10H,1-2H3/b21-15-. The number of hydrogen-bond donors (Lipinski definition) is 0. The van der Waals surface area contributed by atoms with Crippen molar-refractivity contribution in [2.75, 3.05) is 14.2 Å². The van der Waals surface area contributed by atoms with E-state index < -0.39 is 17.7 Å². The highest BCUT2D eigenvalue weighted by Gasteiger charge is 2.30. The van der Waals surface area contributed by atoms with Gasteiger partial charge >= 0.3 is 12.1 Å². The molecule has 0 N–H and O–H groups in total. The van der Waals surface area contributed by atoms with Crippen LogP contribution in [0.5, 0.6) is 11.5 Å². The SMILES string of the molecule is CO/N=C(\C(=O)OC)c1ccccc1Oc1cccc(C(F)(F)F)c1. The molecule has 25 heavy (non-hydrogen) atoms. The smallest absolute Gasteiger partial charge is 0.416 e. The number of benzene rings is 2. The number of methoxy groups -OCH3 is 1. The Labute approximate surface area is 141 Å². The molecule has 0 unspecified atom stereocenters. The fourth-order valence-electron chi connectivity index (χ4n) is 2.00. The molecular formula is C17H14F3NO4. The Morgan fingerprint density at radius 1 is 1.04 bits per heavy atom. The summed E-state index contributed by atoms with van der Waals surface area (Å²) in [5.74, 6) is -0.686. The summed E-state index contributed by atoms with van der Waals surface area (Å²) in [4.78, 5) is 16.5. The first-order valence-electron chi connectivity index (χ1n) is 7.00. The van der Waals surface area contributed by atoms with Gasteiger partial charge in [0.25, 0.3) is 0 Å². The molecule has 2 aromatic rings. The molecule has 2 aromatic carbocycles. The number of rotatable bonds is 5. The summed E-state index contributed by atoms with van der Waals surface area (Å²) in [6.45, 7) is 0. The Morgan fingerprint density at radius 2 is 1.76 bits per heavy atom. The molecule has 0 heterocycles. The van der Waals surface area contributed by atoms with E-state index in [0.29, 0.717) is 0 Å². The predicted octanol–water partition coefficient (Wildman–Crippen LogP) is 4.02. The topological polar surface area (TPSA) is 57.1 Å². The van der Waals surface area contributed by atoms with Gasteiger partial charge in [0, 0.05) is 0 Å². The number of esters is 1. The van der Waals surface area contributed by atoms with Crippen molar-refractivity contribution < 1.29 is 32.3 Å². The highest BCUT2D eigenvalue weighted by molar-refractivity contribution is 6.43. The fourth-order valence-corrected chi connectivity index (χ4v) is 2.00. The maximum absolute atomic E-state index is 12.8. The third kappa shape index (κ3) is 4.50. The summed E-state index contributed by atoms with van der Waals surface area (Å²) >= 11 is 0. The van der Waals surface area contributed by atoms with Crippen LogP contribution >= 0.6 is 0 Å². The molecule has 0 spiro atoms. The molecule has 8 heteroatoms. The van der Waals surface area contributed by atoms with Gasteiger partial charge in [-0.1, -0.05) is 23.4 Å². The van der Waals surface area contributed by atoms with Crippen LogP contribution in [0.15, 0.2) is 53.7 Å². The van der Waals surface area contributed by atoms with Crippen molar-refractivity contribution in [3.8, 4) is 11.5 Å². The molecule has 0 fully saturated rings. The fraction of sp³-hybridized carbons (Fsp3) is 0.176. The molecule has 0 radical (unpaired) electrons. The van der Waals surface area contributed by atoms with Gasteiger partial charge in [0.05, 0.1) is 18.2 Å². The van der Waals surface area contributed by atoms with Crippen LogP contribution in [0.25, 0.3) is 0 Å². The van der Waals surface area contributed by atoms with E-state index in [4.69, 9.17) is 4.74 Å². The van der Waals surface area contributed by atoms with Gasteiger partial charge in [-0.15, -0.1) is 0 Å². The van der Waals surface area contributed by atoms with Crippen molar-refractivity contribution in [2.24, 2.45) is 5.16 Å². The molecule has 0 aliphatic carbocycles. The lowest BCUT2D eigenvalue weighted by atomic mass is 10.1. The van der Waals surface area contributed by atoms with Gasteiger partial charge in [0.2, 0.25) is 0 Å². The number of ether oxygens (including phenoxy) is 2. The molecule has 132 valence electrons. The van der Waals surface area contributed by atoms with Crippen molar-refractivity contribution in [1.29, 1.82) is 0 Å². The van der Waals surface area contributed by atoms with Gasteiger partial charge in [0.15, 0.2) is 5.71 Å². The highest BCUT2D eigenvalue weighted by atomic mass is 19.4. The van der Waals surface area contributed by atoms with E-state index in [1.54, 1.807) is 12.1 Å². The first kappa shape index (κ1) is 18.3. The Hall–Kier alpha value is -3.03. The van der Waals surface area contributed by atoms with Crippen molar-refractivity contribution >= 4 is 11.7 Å². The minimum absolute atomic E-state index is 0.0380. The molecule has 0 saturated heterocycles. The second kappa shape index (κ2) is 7.69. The third-order valence-corrected chi connectivity index (χ3v) is 3.09. The number of hydrogen-bond acceptors (Lipinski definition) is 5. The molecule has 2 rings (SSSR count). The van der Waals surface area contributed by atoms with E-state index >= 15 is 0 Å². The number of halogens is 3. The summed E-state index contributed by atoms with van der Waals surface area (Å²) in [6, 6.07) is 10.6. The first-order valence-corrected chi connectivity index (χ1v) is 7.00. The average Bonchev–Trinajstić information content (AvgIpc) is 2.59. The van der Waals surface area contributed by atoms with Crippen molar-refractivity contribution in [1.82, 2.24) is 0 Å². The largest absolute Gasteiger partial charge is 0.464 e. The van der Waals surface area contributed by atoms with Crippen LogP contribution in [0.1, 0.15) is 11.1 Å². The normalized spacial score (nSPS) is 11.8. The lowest BCUT2D eigenvalue weighted by Gasteiger charge is -2.13. The van der Waals surface area contributed by atoms with E-state index in [1.807, 2.05) is 0 Å². The zero-order valence-corrected chi connectivity index (χ0v) is 13.3. The molecular weight excluding hydrogens is 339 g/mol. The van der Waals surface area contributed by atoms with E-state index in [0.717, 1.165) is 12.1 Å².